The van der Waals surface area contributed by atoms with Crippen LogP contribution >= 0.6 is 11.6 Å². The molecule has 0 aliphatic heterocycles. The van der Waals surface area contributed by atoms with Crippen molar-refractivity contribution >= 4 is 23.1 Å². The van der Waals surface area contributed by atoms with E-state index in [-0.39, 0.29) is 10.8 Å². The standard InChI is InChI=1S/C11H19ClN4/c1-5-11(4,6-2)16-9-8(13)7(3)14-10(12)15-9/h5-6,13H2,1-4H3,(H,14,15,16). The lowest BCUT2D eigenvalue weighted by molar-refractivity contribution is 0.477. The third kappa shape index (κ3) is 2.76. The number of anilines is 2. The van der Waals surface area contributed by atoms with E-state index in [1.54, 1.807) is 0 Å². The molecule has 1 aromatic rings. The quantitative estimate of drug-likeness (QED) is 0.797. The van der Waals surface area contributed by atoms with Gasteiger partial charge in [-0.25, -0.2) is 4.98 Å². The van der Waals surface area contributed by atoms with Gasteiger partial charge < -0.3 is 11.1 Å². The SMILES string of the molecule is CCC(C)(CC)Nc1nc(Cl)nc(C)c1N. The van der Waals surface area contributed by atoms with E-state index in [4.69, 9.17) is 17.3 Å². The third-order valence-electron chi connectivity index (χ3n) is 3.09. The summed E-state index contributed by atoms with van der Waals surface area (Å²) < 4.78 is 0. The molecule has 0 aromatic carbocycles. The van der Waals surface area contributed by atoms with E-state index in [9.17, 15) is 0 Å². The molecule has 90 valence electrons. The third-order valence-corrected chi connectivity index (χ3v) is 3.26. The van der Waals surface area contributed by atoms with Gasteiger partial charge in [-0.1, -0.05) is 13.8 Å². The van der Waals surface area contributed by atoms with Crippen molar-refractivity contribution in [1.82, 2.24) is 9.97 Å². The molecule has 0 aliphatic carbocycles. The number of nitrogens with one attached hydrogen (secondary N) is 1. The van der Waals surface area contributed by atoms with Gasteiger partial charge in [-0.15, -0.1) is 0 Å². The summed E-state index contributed by atoms with van der Waals surface area (Å²) >= 11 is 5.82. The number of rotatable bonds is 4. The topological polar surface area (TPSA) is 63.8 Å². The Morgan fingerprint density at radius 2 is 1.88 bits per heavy atom. The van der Waals surface area contributed by atoms with Gasteiger partial charge in [-0.2, -0.15) is 4.98 Å². The van der Waals surface area contributed by atoms with Crippen LogP contribution in [0.25, 0.3) is 0 Å². The number of halogens is 1. The molecule has 0 radical (unpaired) electrons. The van der Waals surface area contributed by atoms with Gasteiger partial charge in [-0.3, -0.25) is 0 Å². The van der Waals surface area contributed by atoms with Crippen molar-refractivity contribution in [3.63, 3.8) is 0 Å². The first-order valence-corrected chi connectivity index (χ1v) is 5.87. The summed E-state index contributed by atoms with van der Waals surface area (Å²) in [5.74, 6) is 0.628. The van der Waals surface area contributed by atoms with Crippen molar-refractivity contribution in [2.45, 2.75) is 46.1 Å². The van der Waals surface area contributed by atoms with E-state index in [0.717, 1.165) is 12.8 Å². The molecule has 0 aliphatic rings. The molecule has 16 heavy (non-hydrogen) atoms. The van der Waals surface area contributed by atoms with Crippen LogP contribution in [0.4, 0.5) is 11.5 Å². The van der Waals surface area contributed by atoms with E-state index in [2.05, 4.69) is 36.1 Å². The molecule has 0 saturated carbocycles. The lowest BCUT2D eigenvalue weighted by Crippen LogP contribution is -2.34. The van der Waals surface area contributed by atoms with Crippen LogP contribution < -0.4 is 11.1 Å². The second-order valence-electron chi connectivity index (χ2n) is 4.23. The largest absolute Gasteiger partial charge is 0.394 e. The van der Waals surface area contributed by atoms with Crippen LogP contribution in [0.5, 0.6) is 0 Å². The van der Waals surface area contributed by atoms with Crippen LogP contribution in [-0.4, -0.2) is 15.5 Å². The van der Waals surface area contributed by atoms with Crippen LogP contribution in [0.3, 0.4) is 0 Å². The smallest absolute Gasteiger partial charge is 0.224 e. The molecule has 0 amide bonds. The number of aromatic nitrogens is 2. The summed E-state index contributed by atoms with van der Waals surface area (Å²) in [5, 5.41) is 3.57. The first-order chi connectivity index (χ1) is 7.41. The normalized spacial score (nSPS) is 11.6. The van der Waals surface area contributed by atoms with Gasteiger partial charge in [0.25, 0.3) is 0 Å². The fourth-order valence-electron chi connectivity index (χ4n) is 1.36. The monoisotopic (exact) mass is 242 g/mol. The minimum atomic E-state index is -0.0156. The maximum absolute atomic E-state index is 5.92. The van der Waals surface area contributed by atoms with Crippen molar-refractivity contribution in [1.29, 1.82) is 0 Å². The molecule has 4 nitrogen and oxygen atoms in total. The molecule has 0 spiro atoms. The Balaban J connectivity index is 3.05. The van der Waals surface area contributed by atoms with Crippen LogP contribution in [-0.2, 0) is 0 Å². The zero-order valence-corrected chi connectivity index (χ0v) is 11.0. The first kappa shape index (κ1) is 13.0. The average molecular weight is 243 g/mol. The Morgan fingerprint density at radius 3 is 2.38 bits per heavy atom. The molecule has 1 aromatic heterocycles. The molecule has 1 heterocycles. The predicted octanol–water partition coefficient (Wildman–Crippen LogP) is 3.01. The summed E-state index contributed by atoms with van der Waals surface area (Å²) in [6.07, 6.45) is 1.98. The van der Waals surface area contributed by atoms with Crippen molar-refractivity contribution in [2.75, 3.05) is 11.1 Å². The maximum atomic E-state index is 5.92. The number of hydrogen-bond acceptors (Lipinski definition) is 4. The van der Waals surface area contributed by atoms with Crippen molar-refractivity contribution in [2.24, 2.45) is 0 Å². The van der Waals surface area contributed by atoms with Crippen LogP contribution in [0.15, 0.2) is 0 Å². The number of nitrogen functional groups attached to an aromatic ring is 1. The summed E-state index contributed by atoms with van der Waals surface area (Å²) in [6.45, 7) is 8.21. The number of hydrogen-bond donors (Lipinski definition) is 2. The van der Waals surface area contributed by atoms with E-state index in [1.807, 2.05) is 6.92 Å². The summed E-state index contributed by atoms with van der Waals surface area (Å²) in [4.78, 5) is 8.14. The lowest BCUT2D eigenvalue weighted by Gasteiger charge is -2.29. The Labute approximate surface area is 102 Å². The molecule has 5 heteroatoms. The van der Waals surface area contributed by atoms with Gasteiger partial charge in [-0.05, 0) is 38.3 Å². The maximum Gasteiger partial charge on any atom is 0.224 e. The predicted molar refractivity (Wildman–Crippen MR) is 68.8 cm³/mol. The Hall–Kier alpha value is -1.03. The average Bonchev–Trinajstić information content (AvgIpc) is 2.25. The summed E-state index contributed by atoms with van der Waals surface area (Å²) in [5.41, 5.74) is 7.18. The fourth-order valence-corrected chi connectivity index (χ4v) is 1.57. The molecular weight excluding hydrogens is 224 g/mol. The Bertz CT molecular complexity index is 374. The van der Waals surface area contributed by atoms with E-state index in [0.29, 0.717) is 17.2 Å². The van der Waals surface area contributed by atoms with Gasteiger partial charge in [0.15, 0.2) is 5.82 Å². The van der Waals surface area contributed by atoms with Crippen LogP contribution in [0, 0.1) is 6.92 Å². The highest BCUT2D eigenvalue weighted by Crippen LogP contribution is 2.26. The summed E-state index contributed by atoms with van der Waals surface area (Å²) in [7, 11) is 0. The second-order valence-corrected chi connectivity index (χ2v) is 4.57. The number of nitrogens with two attached hydrogens (primary N) is 1. The molecule has 0 atom stereocenters. The summed E-state index contributed by atoms with van der Waals surface area (Å²) in [6, 6.07) is 0. The Kier molecular flexibility index (Phi) is 3.97. The lowest BCUT2D eigenvalue weighted by atomic mass is 9.95. The van der Waals surface area contributed by atoms with E-state index >= 15 is 0 Å². The highest BCUT2D eigenvalue weighted by molar-refractivity contribution is 6.28. The van der Waals surface area contributed by atoms with E-state index in [1.165, 1.54) is 0 Å². The molecule has 0 bridgehead atoms. The highest BCUT2D eigenvalue weighted by Gasteiger charge is 2.21. The molecular formula is C11H19ClN4. The van der Waals surface area contributed by atoms with Gasteiger partial charge in [0.1, 0.15) is 0 Å². The molecule has 0 unspecified atom stereocenters. The van der Waals surface area contributed by atoms with Crippen LogP contribution in [0.2, 0.25) is 5.28 Å². The minimum absolute atomic E-state index is 0.0156. The Morgan fingerprint density at radius 1 is 1.31 bits per heavy atom. The minimum Gasteiger partial charge on any atom is -0.394 e. The molecule has 0 fully saturated rings. The van der Waals surface area contributed by atoms with Gasteiger partial charge >= 0.3 is 0 Å². The van der Waals surface area contributed by atoms with Crippen molar-refractivity contribution in [3.8, 4) is 0 Å². The second kappa shape index (κ2) is 4.87. The van der Waals surface area contributed by atoms with E-state index < -0.39 is 0 Å². The number of nitrogens with zero attached hydrogens (tertiary/aromatic N) is 2. The zero-order valence-electron chi connectivity index (χ0n) is 10.3. The van der Waals surface area contributed by atoms with Gasteiger partial charge in [0.05, 0.1) is 11.4 Å². The van der Waals surface area contributed by atoms with Gasteiger partial charge in [0.2, 0.25) is 5.28 Å². The highest BCUT2D eigenvalue weighted by atomic mass is 35.5. The molecule has 1 rings (SSSR count). The molecule has 0 saturated heterocycles. The van der Waals surface area contributed by atoms with Crippen molar-refractivity contribution < 1.29 is 0 Å². The van der Waals surface area contributed by atoms with Crippen molar-refractivity contribution in [3.05, 3.63) is 11.0 Å². The van der Waals surface area contributed by atoms with Crippen LogP contribution in [0.1, 0.15) is 39.3 Å². The van der Waals surface area contributed by atoms with Gasteiger partial charge in [0, 0.05) is 5.54 Å². The fraction of sp³-hybridized carbons (Fsp3) is 0.636. The zero-order chi connectivity index (χ0) is 12.3. The molecule has 3 N–H and O–H groups in total. The number of aryl methyl sites for hydroxylation is 1. The first-order valence-electron chi connectivity index (χ1n) is 5.49.